The molecular weight excluding hydrogens is 248 g/mol. The minimum atomic E-state index is -0.982. The maximum absolute atomic E-state index is 11.7. The van der Waals surface area contributed by atoms with Crippen LogP contribution in [0.5, 0.6) is 0 Å². The third-order valence-corrected chi connectivity index (χ3v) is 2.98. The first-order chi connectivity index (χ1) is 9.06. The number of rotatable bonds is 4. The molecule has 6 nitrogen and oxygen atoms in total. The van der Waals surface area contributed by atoms with Crippen molar-refractivity contribution >= 4 is 17.8 Å². The predicted molar refractivity (Wildman–Crippen MR) is 66.4 cm³/mol. The summed E-state index contributed by atoms with van der Waals surface area (Å²) in [7, 11) is 0. The van der Waals surface area contributed by atoms with E-state index in [1.54, 1.807) is 12.1 Å². The van der Waals surface area contributed by atoms with Crippen LogP contribution in [-0.4, -0.2) is 28.9 Å². The third kappa shape index (κ3) is 3.31. The number of carboxylic acids is 1. The van der Waals surface area contributed by atoms with E-state index >= 15 is 0 Å². The van der Waals surface area contributed by atoms with E-state index in [2.05, 4.69) is 10.6 Å². The molecule has 19 heavy (non-hydrogen) atoms. The highest BCUT2D eigenvalue weighted by Gasteiger charge is 2.26. The first-order valence-electron chi connectivity index (χ1n) is 5.95. The molecule has 0 aliphatic carbocycles. The highest BCUT2D eigenvalue weighted by atomic mass is 16.4. The van der Waals surface area contributed by atoms with Crippen LogP contribution in [0.25, 0.3) is 0 Å². The molecule has 6 heteroatoms. The Kier molecular flexibility index (Phi) is 3.79. The fraction of sp³-hybridized carbons (Fsp3) is 0.308. The molecule has 0 aromatic heterocycles. The van der Waals surface area contributed by atoms with Crippen LogP contribution in [-0.2, 0) is 16.1 Å². The smallest absolute Gasteiger partial charge is 0.335 e. The Morgan fingerprint density at radius 3 is 2.53 bits per heavy atom. The summed E-state index contributed by atoms with van der Waals surface area (Å²) in [5.41, 5.74) is 1.01. The molecule has 0 bridgehead atoms. The number of hydrogen-bond acceptors (Lipinski definition) is 3. The molecule has 1 heterocycles. The molecule has 2 amide bonds. The summed E-state index contributed by atoms with van der Waals surface area (Å²) >= 11 is 0. The van der Waals surface area contributed by atoms with Crippen LogP contribution >= 0.6 is 0 Å². The first kappa shape index (κ1) is 13.1. The second-order valence-corrected chi connectivity index (χ2v) is 4.38. The standard InChI is InChI=1S/C13H14N2O4/c16-11-6-5-10(15-11)12(17)14-7-8-1-3-9(4-2-8)13(18)19/h1-4,10H,5-7H2,(H,14,17)(H,15,16)(H,18,19)/t10-/m1/s1. The van der Waals surface area contributed by atoms with Gasteiger partial charge >= 0.3 is 5.97 Å². The minimum absolute atomic E-state index is 0.106. The summed E-state index contributed by atoms with van der Waals surface area (Å²) < 4.78 is 0. The van der Waals surface area contributed by atoms with Gasteiger partial charge in [0.2, 0.25) is 11.8 Å². The number of nitrogens with one attached hydrogen (secondary N) is 2. The van der Waals surface area contributed by atoms with E-state index in [-0.39, 0.29) is 17.4 Å². The van der Waals surface area contributed by atoms with E-state index in [0.29, 0.717) is 19.4 Å². The Morgan fingerprint density at radius 2 is 2.00 bits per heavy atom. The lowest BCUT2D eigenvalue weighted by Gasteiger charge is -2.10. The lowest BCUT2D eigenvalue weighted by Crippen LogP contribution is -2.41. The molecule has 1 atom stereocenters. The van der Waals surface area contributed by atoms with Crippen molar-refractivity contribution in [2.24, 2.45) is 0 Å². The molecule has 0 saturated carbocycles. The van der Waals surface area contributed by atoms with Gasteiger partial charge in [-0.15, -0.1) is 0 Å². The number of hydrogen-bond donors (Lipinski definition) is 3. The fourth-order valence-electron chi connectivity index (χ4n) is 1.89. The Morgan fingerprint density at radius 1 is 1.32 bits per heavy atom. The van der Waals surface area contributed by atoms with E-state index in [0.717, 1.165) is 5.56 Å². The average molecular weight is 262 g/mol. The number of benzene rings is 1. The summed E-state index contributed by atoms with van der Waals surface area (Å²) in [4.78, 5) is 33.4. The van der Waals surface area contributed by atoms with Gasteiger partial charge in [-0.1, -0.05) is 12.1 Å². The molecule has 0 radical (unpaired) electrons. The van der Waals surface area contributed by atoms with Gasteiger partial charge in [-0.25, -0.2) is 4.79 Å². The average Bonchev–Trinajstić information content (AvgIpc) is 2.83. The van der Waals surface area contributed by atoms with Crippen LogP contribution in [0.15, 0.2) is 24.3 Å². The van der Waals surface area contributed by atoms with Gasteiger partial charge in [0.15, 0.2) is 0 Å². The van der Waals surface area contributed by atoms with E-state index in [4.69, 9.17) is 5.11 Å². The summed E-state index contributed by atoms with van der Waals surface area (Å²) in [5, 5.41) is 14.0. The largest absolute Gasteiger partial charge is 0.478 e. The molecule has 3 N–H and O–H groups in total. The van der Waals surface area contributed by atoms with Crippen molar-refractivity contribution in [1.82, 2.24) is 10.6 Å². The Bertz CT molecular complexity index is 510. The van der Waals surface area contributed by atoms with E-state index in [1.165, 1.54) is 12.1 Å². The van der Waals surface area contributed by atoms with Crippen LogP contribution in [0.2, 0.25) is 0 Å². The Balaban J connectivity index is 1.86. The molecule has 2 rings (SSSR count). The van der Waals surface area contributed by atoms with Crippen LogP contribution in [0, 0.1) is 0 Å². The summed E-state index contributed by atoms with van der Waals surface area (Å²) in [6.07, 6.45) is 0.897. The molecule has 0 spiro atoms. The van der Waals surface area contributed by atoms with Crippen molar-refractivity contribution in [2.75, 3.05) is 0 Å². The second-order valence-electron chi connectivity index (χ2n) is 4.38. The quantitative estimate of drug-likeness (QED) is 0.726. The van der Waals surface area contributed by atoms with Crippen molar-refractivity contribution in [2.45, 2.75) is 25.4 Å². The van der Waals surface area contributed by atoms with Gasteiger partial charge in [-0.05, 0) is 24.1 Å². The lowest BCUT2D eigenvalue weighted by molar-refractivity contribution is -0.125. The maximum atomic E-state index is 11.7. The van der Waals surface area contributed by atoms with Crippen molar-refractivity contribution < 1.29 is 19.5 Å². The SMILES string of the molecule is O=C1CC[C@H](C(=O)NCc2ccc(C(=O)O)cc2)N1. The zero-order chi connectivity index (χ0) is 13.8. The van der Waals surface area contributed by atoms with E-state index in [9.17, 15) is 14.4 Å². The zero-order valence-electron chi connectivity index (χ0n) is 10.2. The monoisotopic (exact) mass is 262 g/mol. The molecule has 1 aliphatic rings. The van der Waals surface area contributed by atoms with Crippen molar-refractivity contribution in [3.63, 3.8) is 0 Å². The third-order valence-electron chi connectivity index (χ3n) is 2.98. The first-order valence-corrected chi connectivity index (χ1v) is 5.95. The predicted octanol–water partition coefficient (Wildman–Crippen LogP) is 0.280. The van der Waals surface area contributed by atoms with Crippen LogP contribution < -0.4 is 10.6 Å². The minimum Gasteiger partial charge on any atom is -0.478 e. The molecule has 0 unspecified atom stereocenters. The van der Waals surface area contributed by atoms with Gasteiger partial charge in [-0.3, -0.25) is 9.59 Å². The van der Waals surface area contributed by atoms with Gasteiger partial charge in [0.1, 0.15) is 6.04 Å². The van der Waals surface area contributed by atoms with Gasteiger partial charge in [0.25, 0.3) is 0 Å². The highest BCUT2D eigenvalue weighted by Crippen LogP contribution is 2.08. The highest BCUT2D eigenvalue weighted by molar-refractivity contribution is 5.90. The number of carbonyl (C=O) groups excluding carboxylic acids is 2. The van der Waals surface area contributed by atoms with Gasteiger partial charge in [0, 0.05) is 13.0 Å². The number of carboxylic acid groups (broad SMARTS) is 1. The molecule has 1 saturated heterocycles. The fourth-order valence-corrected chi connectivity index (χ4v) is 1.89. The summed E-state index contributed by atoms with van der Waals surface area (Å²) in [6, 6.07) is 5.82. The lowest BCUT2D eigenvalue weighted by atomic mass is 10.1. The zero-order valence-corrected chi connectivity index (χ0v) is 10.2. The topological polar surface area (TPSA) is 95.5 Å². The van der Waals surface area contributed by atoms with E-state index in [1.807, 2.05) is 0 Å². The van der Waals surface area contributed by atoms with Crippen LogP contribution in [0.4, 0.5) is 0 Å². The number of carbonyl (C=O) groups is 3. The molecule has 1 fully saturated rings. The molecule has 1 aromatic carbocycles. The number of amides is 2. The van der Waals surface area contributed by atoms with Crippen LogP contribution in [0.1, 0.15) is 28.8 Å². The van der Waals surface area contributed by atoms with Crippen molar-refractivity contribution in [3.8, 4) is 0 Å². The Labute approximate surface area is 109 Å². The molecular formula is C13H14N2O4. The number of aromatic carboxylic acids is 1. The Hall–Kier alpha value is -2.37. The van der Waals surface area contributed by atoms with Gasteiger partial charge in [0.05, 0.1) is 5.56 Å². The molecule has 1 aliphatic heterocycles. The molecule has 1 aromatic rings. The molecule has 100 valence electrons. The van der Waals surface area contributed by atoms with Crippen molar-refractivity contribution in [1.29, 1.82) is 0 Å². The summed E-state index contributed by atoms with van der Waals surface area (Å²) in [6.45, 7) is 0.311. The van der Waals surface area contributed by atoms with Crippen LogP contribution in [0.3, 0.4) is 0 Å². The maximum Gasteiger partial charge on any atom is 0.335 e. The van der Waals surface area contributed by atoms with Crippen molar-refractivity contribution in [3.05, 3.63) is 35.4 Å². The summed E-state index contributed by atoms with van der Waals surface area (Å²) in [5.74, 6) is -1.30. The normalized spacial score (nSPS) is 17.9. The second kappa shape index (κ2) is 5.51. The van der Waals surface area contributed by atoms with E-state index < -0.39 is 12.0 Å². The van der Waals surface area contributed by atoms with Gasteiger partial charge < -0.3 is 15.7 Å². The van der Waals surface area contributed by atoms with Gasteiger partial charge in [-0.2, -0.15) is 0 Å².